The first-order valence-corrected chi connectivity index (χ1v) is 15.8. The Labute approximate surface area is 254 Å². The zero-order valence-corrected chi connectivity index (χ0v) is 24.7. The van der Waals surface area contributed by atoms with E-state index >= 15 is 0 Å². The second kappa shape index (κ2) is 10.3. The van der Waals surface area contributed by atoms with E-state index in [0.717, 1.165) is 62.4 Å². The minimum Gasteiger partial charge on any atom is -0.508 e. The van der Waals surface area contributed by atoms with Crippen molar-refractivity contribution in [3.63, 3.8) is 0 Å². The van der Waals surface area contributed by atoms with E-state index < -0.39 is 12.0 Å². The molecule has 5 heterocycles. The average molecular weight is 612 g/mol. The minimum absolute atomic E-state index is 0.0242. The number of anilines is 2. The van der Waals surface area contributed by atoms with Crippen molar-refractivity contribution < 1.29 is 23.7 Å². The van der Waals surface area contributed by atoms with Gasteiger partial charge in [-0.05, 0) is 62.1 Å². The molecule has 0 spiro atoms. The lowest BCUT2D eigenvalue weighted by Crippen LogP contribution is -2.44. The number of nitrogens with zero attached hydrogens (tertiary/aromatic N) is 5. The molecule has 2 N–H and O–H groups in total. The molecule has 4 fully saturated rings. The van der Waals surface area contributed by atoms with Crippen molar-refractivity contribution in [2.45, 2.75) is 62.9 Å². The lowest BCUT2D eigenvalue weighted by Gasteiger charge is -2.37. The fourth-order valence-corrected chi connectivity index (χ4v) is 8.85. The number of rotatable bonds is 5. The predicted molar refractivity (Wildman–Crippen MR) is 160 cm³/mol. The topological polar surface area (TPSA) is 85.2 Å². The third kappa shape index (κ3) is 4.68. The number of halogens is 3. The van der Waals surface area contributed by atoms with E-state index in [1.165, 1.54) is 6.07 Å². The zero-order chi connectivity index (χ0) is 29.5. The van der Waals surface area contributed by atoms with E-state index in [1.807, 2.05) is 0 Å². The van der Waals surface area contributed by atoms with Gasteiger partial charge in [-0.3, -0.25) is 4.90 Å². The number of aromatic nitrogens is 2. The molecule has 3 aromatic rings. The van der Waals surface area contributed by atoms with Crippen LogP contribution in [-0.2, 0) is 13.0 Å². The first-order chi connectivity index (χ1) is 20.8. The van der Waals surface area contributed by atoms with Gasteiger partial charge in [-0.1, -0.05) is 17.7 Å². The predicted octanol–water partition coefficient (Wildman–Crippen LogP) is 4.85. The average Bonchev–Trinajstić information content (AvgIpc) is 3.60. The largest absolute Gasteiger partial charge is 0.508 e. The summed E-state index contributed by atoms with van der Waals surface area (Å²) in [5.74, 6) is 1.06. The van der Waals surface area contributed by atoms with Crippen molar-refractivity contribution >= 4 is 33.9 Å². The Morgan fingerprint density at radius 2 is 1.98 bits per heavy atom. The van der Waals surface area contributed by atoms with Crippen LogP contribution in [0.25, 0.3) is 10.8 Å². The fourth-order valence-electron chi connectivity index (χ4n) is 8.58. The van der Waals surface area contributed by atoms with Gasteiger partial charge in [-0.15, -0.1) is 0 Å². The summed E-state index contributed by atoms with van der Waals surface area (Å²) >= 11 is 6.47. The molecule has 8 rings (SSSR count). The second-order valence-electron chi connectivity index (χ2n) is 13.3. The van der Waals surface area contributed by atoms with E-state index in [0.29, 0.717) is 61.5 Å². The zero-order valence-electron chi connectivity index (χ0n) is 24.0. The summed E-state index contributed by atoms with van der Waals surface area (Å²) in [5, 5.41) is 22.4. The van der Waals surface area contributed by atoms with Crippen molar-refractivity contribution in [2.75, 3.05) is 49.1 Å². The van der Waals surface area contributed by atoms with Crippen LogP contribution in [0.15, 0.2) is 24.3 Å². The third-order valence-electron chi connectivity index (χ3n) is 10.6. The second-order valence-corrected chi connectivity index (χ2v) is 13.7. The van der Waals surface area contributed by atoms with Crippen molar-refractivity contribution in [3.8, 4) is 11.8 Å². The molecule has 3 saturated heterocycles. The van der Waals surface area contributed by atoms with Gasteiger partial charge in [0.15, 0.2) is 0 Å². The van der Waals surface area contributed by atoms with Gasteiger partial charge in [0.05, 0.1) is 34.6 Å². The van der Waals surface area contributed by atoms with E-state index in [2.05, 4.69) is 14.7 Å². The molecule has 1 aromatic heterocycles. The number of alkyl halides is 1. The maximum Gasteiger partial charge on any atom is 0.318 e. The maximum absolute atomic E-state index is 14.6. The summed E-state index contributed by atoms with van der Waals surface area (Å²) in [5.41, 5.74) is 2.18. The Bertz CT molecular complexity index is 1590. The summed E-state index contributed by atoms with van der Waals surface area (Å²) in [6, 6.07) is 6.43. The van der Waals surface area contributed by atoms with E-state index in [-0.39, 0.29) is 34.3 Å². The highest BCUT2D eigenvalue weighted by Crippen LogP contribution is 2.44. The highest BCUT2D eigenvalue weighted by atomic mass is 35.5. The van der Waals surface area contributed by atoms with Crippen molar-refractivity contribution in [1.82, 2.24) is 14.9 Å². The van der Waals surface area contributed by atoms with Crippen LogP contribution in [0.4, 0.5) is 20.3 Å². The molecule has 8 nitrogen and oxygen atoms in total. The summed E-state index contributed by atoms with van der Waals surface area (Å²) in [6.07, 6.45) is 3.75. The van der Waals surface area contributed by atoms with Crippen molar-refractivity contribution in [1.29, 1.82) is 0 Å². The summed E-state index contributed by atoms with van der Waals surface area (Å²) in [6.45, 7) is 4.24. The molecule has 4 aliphatic heterocycles. The lowest BCUT2D eigenvalue weighted by molar-refractivity contribution is 0.107. The number of phenols is 1. The first-order valence-electron chi connectivity index (χ1n) is 15.5. The molecule has 2 bridgehead atoms. The Morgan fingerprint density at radius 3 is 2.84 bits per heavy atom. The van der Waals surface area contributed by atoms with Crippen LogP contribution in [0.2, 0.25) is 5.02 Å². The van der Waals surface area contributed by atoms with Gasteiger partial charge in [-0.25, -0.2) is 8.78 Å². The number of hydrogen-bond donors (Lipinski definition) is 2. The van der Waals surface area contributed by atoms with Crippen LogP contribution in [0.3, 0.4) is 0 Å². The molecule has 5 atom stereocenters. The van der Waals surface area contributed by atoms with Gasteiger partial charge < -0.3 is 24.7 Å². The van der Waals surface area contributed by atoms with Crippen LogP contribution in [-0.4, -0.2) is 82.2 Å². The monoisotopic (exact) mass is 611 g/mol. The summed E-state index contributed by atoms with van der Waals surface area (Å²) in [7, 11) is 0. The van der Waals surface area contributed by atoms with Crippen LogP contribution in [0.1, 0.15) is 43.4 Å². The standard InChI is InChI=1S/C32H36ClF2N5O3/c33-29-24(35)3-2-19-10-22(41)11-26(28(19)29)38-7-4-23-25(16-38)36-31(43-17-32-5-1-6-40(32)15-21(34)12-32)37-30(23)39-13-18-8-20(14-39)27(42)9-18/h2-3,10-11,18,20-21,27,41-42H,1,4-9,12-17H2/t18?,20?,21-,27?,32+/m1/s1. The highest BCUT2D eigenvalue weighted by Gasteiger charge is 2.49. The Balaban J connectivity index is 1.16. The van der Waals surface area contributed by atoms with E-state index in [1.54, 1.807) is 18.2 Å². The Kier molecular flexibility index (Phi) is 6.62. The molecule has 5 aliphatic rings. The van der Waals surface area contributed by atoms with Crippen LogP contribution in [0, 0.1) is 17.7 Å². The molecule has 1 saturated carbocycles. The van der Waals surface area contributed by atoms with Crippen LogP contribution >= 0.6 is 11.6 Å². The molecule has 43 heavy (non-hydrogen) atoms. The number of piperidine rings is 1. The highest BCUT2D eigenvalue weighted by molar-refractivity contribution is 6.36. The van der Waals surface area contributed by atoms with Gasteiger partial charge >= 0.3 is 6.01 Å². The molecule has 2 aromatic carbocycles. The SMILES string of the molecule is Oc1cc(N2CCc3c(nc(OC[C@@]45CCCN4C[C@H](F)C5)nc3N3CC4CC(O)C(C4)C3)C2)c2c(Cl)c(F)ccc2c1. The third-order valence-corrected chi connectivity index (χ3v) is 10.9. The normalized spacial score (nSPS) is 30.2. The molecular formula is C32H36ClF2N5O3. The van der Waals surface area contributed by atoms with Crippen LogP contribution < -0.4 is 14.5 Å². The molecule has 0 radical (unpaired) electrons. The molecule has 3 unspecified atom stereocenters. The van der Waals surface area contributed by atoms with Gasteiger partial charge in [0.1, 0.15) is 30.2 Å². The van der Waals surface area contributed by atoms with E-state index in [9.17, 15) is 19.0 Å². The van der Waals surface area contributed by atoms with Crippen molar-refractivity contribution in [2.24, 2.45) is 11.8 Å². The summed E-state index contributed by atoms with van der Waals surface area (Å²) < 4.78 is 35.4. The quantitative estimate of drug-likeness (QED) is 0.424. The number of ether oxygens (including phenoxy) is 1. The molecular weight excluding hydrogens is 576 g/mol. The minimum atomic E-state index is -0.846. The lowest BCUT2D eigenvalue weighted by atomic mass is 9.95. The molecule has 1 aliphatic carbocycles. The number of phenolic OH excluding ortho intramolecular Hbond substituents is 1. The van der Waals surface area contributed by atoms with Gasteiger partial charge in [-0.2, -0.15) is 9.97 Å². The summed E-state index contributed by atoms with van der Waals surface area (Å²) in [4.78, 5) is 16.5. The maximum atomic E-state index is 14.6. The number of hydrogen-bond acceptors (Lipinski definition) is 8. The Morgan fingerprint density at radius 1 is 1.09 bits per heavy atom. The van der Waals surface area contributed by atoms with Crippen molar-refractivity contribution in [3.05, 3.63) is 46.4 Å². The fraction of sp³-hybridized carbons (Fsp3) is 0.562. The molecule has 11 heteroatoms. The number of benzene rings is 2. The molecule has 0 amide bonds. The number of aliphatic hydroxyl groups excluding tert-OH is 1. The molecule has 228 valence electrons. The first kappa shape index (κ1) is 27.6. The number of fused-ring (bicyclic) bond motifs is 5. The van der Waals surface area contributed by atoms with Gasteiger partial charge in [0, 0.05) is 55.5 Å². The number of aromatic hydroxyl groups is 1. The Hall–Kier alpha value is -2.95. The smallest absolute Gasteiger partial charge is 0.318 e. The van der Waals surface area contributed by atoms with Crippen LogP contribution in [0.5, 0.6) is 11.8 Å². The van der Waals surface area contributed by atoms with Gasteiger partial charge in [0.25, 0.3) is 0 Å². The van der Waals surface area contributed by atoms with Gasteiger partial charge in [0.2, 0.25) is 0 Å². The number of aliphatic hydroxyl groups is 1. The van der Waals surface area contributed by atoms with E-state index in [4.69, 9.17) is 26.3 Å².